The zero-order valence-electron chi connectivity index (χ0n) is 21.1. The van der Waals surface area contributed by atoms with Gasteiger partial charge in [0.2, 0.25) is 16.2 Å². The summed E-state index contributed by atoms with van der Waals surface area (Å²) >= 11 is 1.30. The van der Waals surface area contributed by atoms with Crippen molar-refractivity contribution in [3.8, 4) is 5.75 Å². The van der Waals surface area contributed by atoms with Crippen LogP contribution in [-0.4, -0.2) is 69.8 Å². The lowest BCUT2D eigenvalue weighted by Gasteiger charge is -2.32. The van der Waals surface area contributed by atoms with Crippen LogP contribution in [-0.2, 0) is 11.3 Å². The van der Waals surface area contributed by atoms with Crippen LogP contribution in [0.1, 0.15) is 31.2 Å². The smallest absolute Gasteiger partial charge is 0.406 e. The molecule has 2 atom stereocenters. The maximum atomic E-state index is 12.7. The summed E-state index contributed by atoms with van der Waals surface area (Å²) in [6.45, 7) is 3.64. The molecule has 208 valence electrons. The lowest BCUT2D eigenvalue weighted by atomic mass is 9.94. The monoisotopic (exact) mass is 562 g/mol. The van der Waals surface area contributed by atoms with Crippen LogP contribution in [0.15, 0.2) is 42.6 Å². The lowest BCUT2D eigenvalue weighted by Crippen LogP contribution is -2.36. The van der Waals surface area contributed by atoms with Crippen LogP contribution in [0.3, 0.4) is 0 Å². The summed E-state index contributed by atoms with van der Waals surface area (Å²) in [5.41, 5.74) is 0.734. The highest BCUT2D eigenvalue weighted by atomic mass is 32.1. The van der Waals surface area contributed by atoms with Gasteiger partial charge in [-0.05, 0) is 61.6 Å². The van der Waals surface area contributed by atoms with Gasteiger partial charge in [0.05, 0.1) is 0 Å². The number of carbonyl (C=O) groups is 1. The Morgan fingerprint density at radius 1 is 1.08 bits per heavy atom. The average Bonchev–Trinajstić information content (AvgIpc) is 3.54. The second-order valence-electron chi connectivity index (χ2n) is 9.76. The molecule has 2 fully saturated rings. The molecule has 4 heterocycles. The number of anilines is 3. The van der Waals surface area contributed by atoms with Crippen molar-refractivity contribution in [3.05, 3.63) is 48.2 Å². The third-order valence-corrected chi connectivity index (χ3v) is 7.45. The molecular formula is C25H29F3N8O2S. The SMILES string of the molecule is O=C(CC1CCCN(Cc2cccc(OC(F)(F)F)c2)C1)Nc1nnc(NC2CCN(c3cccnn3)C2)s1. The van der Waals surface area contributed by atoms with Crippen LogP contribution >= 0.6 is 11.3 Å². The summed E-state index contributed by atoms with van der Waals surface area (Å²) in [6, 6.07) is 10.0. The molecular weight excluding hydrogens is 533 g/mol. The van der Waals surface area contributed by atoms with Gasteiger partial charge in [-0.1, -0.05) is 23.5 Å². The van der Waals surface area contributed by atoms with E-state index in [9.17, 15) is 18.0 Å². The first-order valence-electron chi connectivity index (χ1n) is 12.8. The number of nitrogens with one attached hydrogen (secondary N) is 2. The number of likely N-dealkylation sites (tertiary alicyclic amines) is 1. The minimum atomic E-state index is -4.72. The van der Waals surface area contributed by atoms with Crippen molar-refractivity contribution in [3.63, 3.8) is 0 Å². The number of ether oxygens (including phenoxy) is 1. The molecule has 2 saturated heterocycles. The zero-order chi connectivity index (χ0) is 27.2. The maximum absolute atomic E-state index is 12.7. The number of hydrogen-bond acceptors (Lipinski definition) is 10. The molecule has 1 amide bonds. The number of nitrogens with zero attached hydrogens (tertiary/aromatic N) is 6. The fourth-order valence-corrected chi connectivity index (χ4v) is 5.78. The molecule has 2 aromatic heterocycles. The van der Waals surface area contributed by atoms with E-state index in [0.29, 0.717) is 29.8 Å². The van der Waals surface area contributed by atoms with E-state index in [4.69, 9.17) is 0 Å². The molecule has 2 unspecified atom stereocenters. The minimum Gasteiger partial charge on any atom is -0.406 e. The van der Waals surface area contributed by atoms with Crippen LogP contribution in [0.5, 0.6) is 5.75 Å². The first-order valence-corrected chi connectivity index (χ1v) is 13.6. The highest BCUT2D eigenvalue weighted by Gasteiger charge is 2.31. The van der Waals surface area contributed by atoms with E-state index in [2.05, 4.69) is 45.6 Å². The highest BCUT2D eigenvalue weighted by molar-refractivity contribution is 7.19. The lowest BCUT2D eigenvalue weighted by molar-refractivity contribution is -0.274. The Morgan fingerprint density at radius 2 is 1.95 bits per heavy atom. The zero-order valence-corrected chi connectivity index (χ0v) is 21.9. The van der Waals surface area contributed by atoms with Gasteiger partial charge in [-0.25, -0.2) is 0 Å². The standard InChI is InChI=1S/C25H29F3N8O2S/c26-25(27,28)38-20-6-1-4-17(12-20)14-35-10-3-5-18(15-35)13-22(37)31-24-34-33-23(39-24)30-19-8-11-36(16-19)21-7-2-9-29-32-21/h1-2,4,6-7,9,12,18-19H,3,5,8,10-11,13-16H2,(H,30,33)(H,31,34,37). The van der Waals surface area contributed by atoms with E-state index in [0.717, 1.165) is 50.3 Å². The number of halogens is 3. The minimum absolute atomic E-state index is 0.125. The van der Waals surface area contributed by atoms with E-state index in [1.165, 1.54) is 23.5 Å². The Hall–Kier alpha value is -3.52. The van der Waals surface area contributed by atoms with Crippen LogP contribution < -0.4 is 20.3 Å². The number of alkyl halides is 3. The summed E-state index contributed by atoms with van der Waals surface area (Å²) in [5.74, 6) is 0.635. The van der Waals surface area contributed by atoms with Crippen LogP contribution in [0.25, 0.3) is 0 Å². The summed E-state index contributed by atoms with van der Waals surface area (Å²) in [6.07, 6.45) is 0.0185. The molecule has 0 saturated carbocycles. The number of amides is 1. The van der Waals surface area contributed by atoms with E-state index in [-0.39, 0.29) is 23.6 Å². The molecule has 2 aliphatic heterocycles. The van der Waals surface area contributed by atoms with Crippen molar-refractivity contribution < 1.29 is 22.7 Å². The Labute approximate surface area is 227 Å². The van der Waals surface area contributed by atoms with Crippen molar-refractivity contribution in [1.29, 1.82) is 0 Å². The number of carbonyl (C=O) groups excluding carboxylic acids is 1. The number of aromatic nitrogens is 4. The van der Waals surface area contributed by atoms with Crippen molar-refractivity contribution in [2.24, 2.45) is 5.92 Å². The Morgan fingerprint density at radius 3 is 2.77 bits per heavy atom. The molecule has 0 spiro atoms. The molecule has 0 aliphatic carbocycles. The van der Waals surface area contributed by atoms with Crippen molar-refractivity contribution in [2.75, 3.05) is 41.7 Å². The van der Waals surface area contributed by atoms with Gasteiger partial charge in [-0.15, -0.1) is 28.5 Å². The number of benzene rings is 1. The molecule has 1 aromatic carbocycles. The van der Waals surface area contributed by atoms with Gasteiger partial charge in [0.25, 0.3) is 0 Å². The van der Waals surface area contributed by atoms with Crippen LogP contribution in [0, 0.1) is 5.92 Å². The molecule has 39 heavy (non-hydrogen) atoms. The van der Waals surface area contributed by atoms with Gasteiger partial charge < -0.3 is 20.3 Å². The Kier molecular flexibility index (Phi) is 8.41. The van der Waals surface area contributed by atoms with E-state index in [1.54, 1.807) is 18.3 Å². The number of hydrogen-bond donors (Lipinski definition) is 2. The fourth-order valence-electron chi connectivity index (χ4n) is 5.05. The summed E-state index contributed by atoms with van der Waals surface area (Å²) in [7, 11) is 0. The predicted molar refractivity (Wildman–Crippen MR) is 141 cm³/mol. The number of rotatable bonds is 9. The maximum Gasteiger partial charge on any atom is 0.573 e. The van der Waals surface area contributed by atoms with Gasteiger partial charge in [0, 0.05) is 44.8 Å². The Bertz CT molecular complexity index is 1250. The molecule has 10 nitrogen and oxygen atoms in total. The highest BCUT2D eigenvalue weighted by Crippen LogP contribution is 2.27. The molecule has 5 rings (SSSR count). The summed E-state index contributed by atoms with van der Waals surface area (Å²) in [5, 5.41) is 23.7. The number of piperidine rings is 1. The third kappa shape index (κ3) is 7.99. The summed E-state index contributed by atoms with van der Waals surface area (Å²) < 4.78 is 41.6. The quantitative estimate of drug-likeness (QED) is 0.398. The van der Waals surface area contributed by atoms with Crippen LogP contribution in [0.2, 0.25) is 0 Å². The average molecular weight is 563 g/mol. The molecule has 2 aliphatic rings. The Balaban J connectivity index is 1.07. The first-order chi connectivity index (χ1) is 18.8. The van der Waals surface area contributed by atoms with E-state index in [1.807, 2.05) is 12.1 Å². The van der Waals surface area contributed by atoms with Gasteiger partial charge >= 0.3 is 6.36 Å². The largest absolute Gasteiger partial charge is 0.573 e. The van der Waals surface area contributed by atoms with Crippen LogP contribution in [0.4, 0.5) is 29.3 Å². The van der Waals surface area contributed by atoms with Gasteiger partial charge in [-0.2, -0.15) is 5.10 Å². The predicted octanol–water partition coefficient (Wildman–Crippen LogP) is 4.16. The normalized spacial score (nSPS) is 20.1. The second kappa shape index (κ2) is 12.1. The van der Waals surface area contributed by atoms with Crippen molar-refractivity contribution in [2.45, 2.75) is 44.6 Å². The molecule has 0 bridgehead atoms. The van der Waals surface area contributed by atoms with Gasteiger partial charge in [0.15, 0.2) is 5.82 Å². The molecule has 3 aromatic rings. The van der Waals surface area contributed by atoms with Crippen molar-refractivity contribution >= 4 is 33.3 Å². The molecule has 0 radical (unpaired) electrons. The molecule has 14 heteroatoms. The second-order valence-corrected chi connectivity index (χ2v) is 10.7. The van der Waals surface area contributed by atoms with Gasteiger partial charge in [-0.3, -0.25) is 9.69 Å². The molecule has 2 N–H and O–H groups in total. The van der Waals surface area contributed by atoms with E-state index < -0.39 is 6.36 Å². The van der Waals surface area contributed by atoms with E-state index >= 15 is 0 Å². The topological polar surface area (TPSA) is 108 Å². The fraction of sp³-hybridized carbons (Fsp3) is 0.480. The summed E-state index contributed by atoms with van der Waals surface area (Å²) in [4.78, 5) is 17.0. The third-order valence-electron chi connectivity index (χ3n) is 6.68. The first kappa shape index (κ1) is 27.1. The van der Waals surface area contributed by atoms with Crippen molar-refractivity contribution in [1.82, 2.24) is 25.3 Å². The van der Waals surface area contributed by atoms with Gasteiger partial charge in [0.1, 0.15) is 5.75 Å².